The van der Waals surface area contributed by atoms with Crippen LogP contribution in [0.2, 0.25) is 0 Å². The Morgan fingerprint density at radius 3 is 2.85 bits per heavy atom. The first kappa shape index (κ1) is 18.9. The van der Waals surface area contributed by atoms with Crippen LogP contribution in [0.3, 0.4) is 0 Å². The highest BCUT2D eigenvalue weighted by molar-refractivity contribution is 6.04. The van der Waals surface area contributed by atoms with Crippen LogP contribution >= 0.6 is 0 Å². The zero-order chi connectivity index (χ0) is 19.4. The summed E-state index contributed by atoms with van der Waals surface area (Å²) in [7, 11) is 0. The third-order valence-corrected chi connectivity index (χ3v) is 4.92. The van der Waals surface area contributed by atoms with Gasteiger partial charge in [0.15, 0.2) is 5.82 Å². The van der Waals surface area contributed by atoms with Crippen molar-refractivity contribution in [3.8, 4) is 0 Å². The predicted molar refractivity (Wildman–Crippen MR) is 106 cm³/mol. The van der Waals surface area contributed by atoms with Crippen molar-refractivity contribution in [1.82, 2.24) is 14.9 Å². The van der Waals surface area contributed by atoms with Gasteiger partial charge in [0.05, 0.1) is 5.69 Å². The molecular formula is C21H26N4O2. The molecule has 0 aliphatic carbocycles. The normalized spacial score (nSPS) is 13.0. The van der Waals surface area contributed by atoms with E-state index in [0.717, 1.165) is 48.2 Å². The summed E-state index contributed by atoms with van der Waals surface area (Å²) in [4.78, 5) is 29.9. The van der Waals surface area contributed by atoms with E-state index in [4.69, 9.17) is 0 Å². The monoisotopic (exact) mass is 366 g/mol. The fourth-order valence-corrected chi connectivity index (χ4v) is 3.52. The second kappa shape index (κ2) is 8.20. The van der Waals surface area contributed by atoms with Crippen LogP contribution < -0.4 is 10.6 Å². The highest BCUT2D eigenvalue weighted by Crippen LogP contribution is 2.24. The Hall–Kier alpha value is -2.89. The minimum Gasteiger partial charge on any atom is -0.347 e. The van der Waals surface area contributed by atoms with E-state index in [1.165, 1.54) is 0 Å². The van der Waals surface area contributed by atoms with Crippen molar-refractivity contribution in [2.75, 3.05) is 11.9 Å². The summed E-state index contributed by atoms with van der Waals surface area (Å²) in [5.41, 5.74) is 4.11. The summed E-state index contributed by atoms with van der Waals surface area (Å²) in [6.07, 6.45) is 5.17. The smallest absolute Gasteiger partial charge is 0.291 e. The number of imidazole rings is 1. The topological polar surface area (TPSA) is 76.0 Å². The standard InChI is InChI=1S/C21H26N4O2/c1-4-12-22-20(26)18-16-11-6-7-13-25(16)19(23-18)21(27)24-17-14(3)9-8-10-15(17)5-2/h4,8-10H,1,5-7,11-13H2,2-3H3,(H,22,26)(H,24,27). The van der Waals surface area contributed by atoms with Gasteiger partial charge >= 0.3 is 0 Å². The number of carbonyl (C=O) groups is 2. The minimum absolute atomic E-state index is 0.260. The van der Waals surface area contributed by atoms with Crippen molar-refractivity contribution in [1.29, 1.82) is 0 Å². The Balaban J connectivity index is 1.95. The molecule has 0 atom stereocenters. The Kier molecular flexibility index (Phi) is 5.74. The van der Waals surface area contributed by atoms with Crippen LogP contribution in [0, 0.1) is 6.92 Å². The predicted octanol–water partition coefficient (Wildman–Crippen LogP) is 3.26. The molecule has 142 valence electrons. The maximum atomic E-state index is 13.0. The van der Waals surface area contributed by atoms with Gasteiger partial charge in [-0.15, -0.1) is 6.58 Å². The lowest BCUT2D eigenvalue weighted by Gasteiger charge is -2.18. The SMILES string of the molecule is C=CCNC(=O)c1nc(C(=O)Nc2c(C)cccc2CC)n2c1CCCC2. The van der Waals surface area contributed by atoms with Gasteiger partial charge in [-0.2, -0.15) is 0 Å². The molecule has 2 amide bonds. The van der Waals surface area contributed by atoms with Crippen LogP contribution in [0.1, 0.15) is 57.7 Å². The first-order valence-corrected chi connectivity index (χ1v) is 9.45. The van der Waals surface area contributed by atoms with Crippen molar-refractivity contribution < 1.29 is 9.59 Å². The number of anilines is 1. The minimum atomic E-state index is -0.273. The summed E-state index contributed by atoms with van der Waals surface area (Å²) in [6.45, 7) is 8.72. The van der Waals surface area contributed by atoms with Crippen LogP contribution in [-0.2, 0) is 19.4 Å². The molecule has 1 aromatic heterocycles. The lowest BCUT2D eigenvalue weighted by atomic mass is 10.1. The molecule has 1 aliphatic rings. The average molecular weight is 366 g/mol. The number of aryl methyl sites for hydroxylation is 2. The van der Waals surface area contributed by atoms with Gasteiger partial charge in [0.25, 0.3) is 11.8 Å². The van der Waals surface area contributed by atoms with Crippen LogP contribution in [0.25, 0.3) is 0 Å². The van der Waals surface area contributed by atoms with Crippen LogP contribution in [-0.4, -0.2) is 27.9 Å². The largest absolute Gasteiger partial charge is 0.347 e. The lowest BCUT2D eigenvalue weighted by Crippen LogP contribution is -2.25. The second-order valence-corrected chi connectivity index (χ2v) is 6.75. The number of benzene rings is 1. The molecular weight excluding hydrogens is 340 g/mol. The molecule has 0 unspecified atom stereocenters. The van der Waals surface area contributed by atoms with Gasteiger partial charge in [-0.3, -0.25) is 9.59 Å². The molecule has 2 heterocycles. The molecule has 0 saturated carbocycles. The van der Waals surface area contributed by atoms with E-state index in [1.807, 2.05) is 29.7 Å². The molecule has 27 heavy (non-hydrogen) atoms. The Morgan fingerprint density at radius 2 is 2.11 bits per heavy atom. The van der Waals surface area contributed by atoms with Crippen molar-refractivity contribution >= 4 is 17.5 Å². The molecule has 1 aliphatic heterocycles. The fourth-order valence-electron chi connectivity index (χ4n) is 3.52. The van der Waals surface area contributed by atoms with E-state index >= 15 is 0 Å². The third-order valence-electron chi connectivity index (χ3n) is 4.92. The molecule has 0 spiro atoms. The van der Waals surface area contributed by atoms with Gasteiger partial charge < -0.3 is 15.2 Å². The molecule has 1 aromatic carbocycles. The number of nitrogens with one attached hydrogen (secondary N) is 2. The first-order valence-electron chi connectivity index (χ1n) is 9.45. The molecule has 3 rings (SSSR count). The second-order valence-electron chi connectivity index (χ2n) is 6.75. The number of hydrogen-bond donors (Lipinski definition) is 2. The van der Waals surface area contributed by atoms with E-state index in [1.54, 1.807) is 6.08 Å². The van der Waals surface area contributed by atoms with E-state index in [2.05, 4.69) is 29.1 Å². The number of nitrogens with zero attached hydrogens (tertiary/aromatic N) is 2. The number of amides is 2. The van der Waals surface area contributed by atoms with Gasteiger partial charge in [-0.05, 0) is 43.7 Å². The zero-order valence-electron chi connectivity index (χ0n) is 16.0. The number of fused-ring (bicyclic) bond motifs is 1. The molecule has 0 radical (unpaired) electrons. The van der Waals surface area contributed by atoms with Gasteiger partial charge in [-0.25, -0.2) is 4.98 Å². The van der Waals surface area contributed by atoms with Gasteiger partial charge in [-0.1, -0.05) is 31.2 Å². The summed E-state index contributed by atoms with van der Waals surface area (Å²) < 4.78 is 1.89. The lowest BCUT2D eigenvalue weighted by molar-refractivity contribution is 0.0952. The van der Waals surface area contributed by atoms with E-state index in [-0.39, 0.29) is 11.8 Å². The van der Waals surface area contributed by atoms with Crippen molar-refractivity contribution in [2.24, 2.45) is 0 Å². The highest BCUT2D eigenvalue weighted by Gasteiger charge is 2.27. The summed E-state index contributed by atoms with van der Waals surface area (Å²) in [5, 5.41) is 5.78. The fraction of sp³-hybridized carbons (Fsp3) is 0.381. The number of para-hydroxylation sites is 1. The number of rotatable bonds is 6. The zero-order valence-corrected chi connectivity index (χ0v) is 16.0. The average Bonchev–Trinajstić information content (AvgIpc) is 3.07. The number of hydrogen-bond acceptors (Lipinski definition) is 3. The summed E-state index contributed by atoms with van der Waals surface area (Å²) in [6, 6.07) is 5.98. The molecule has 2 aromatic rings. The molecule has 0 bridgehead atoms. The van der Waals surface area contributed by atoms with Crippen LogP contribution in [0.15, 0.2) is 30.9 Å². The number of carbonyl (C=O) groups excluding carboxylic acids is 2. The first-order chi connectivity index (χ1) is 13.1. The molecule has 0 saturated heterocycles. The molecule has 0 fully saturated rings. The maximum absolute atomic E-state index is 13.0. The van der Waals surface area contributed by atoms with Crippen LogP contribution in [0.5, 0.6) is 0 Å². The van der Waals surface area contributed by atoms with E-state index < -0.39 is 0 Å². The van der Waals surface area contributed by atoms with Crippen molar-refractivity contribution in [3.05, 3.63) is 59.2 Å². The Morgan fingerprint density at radius 1 is 1.30 bits per heavy atom. The Labute approximate surface area is 159 Å². The molecule has 2 N–H and O–H groups in total. The maximum Gasteiger partial charge on any atom is 0.291 e. The van der Waals surface area contributed by atoms with Gasteiger partial charge in [0, 0.05) is 18.8 Å². The van der Waals surface area contributed by atoms with Crippen molar-refractivity contribution in [2.45, 2.75) is 46.1 Å². The molecule has 6 nitrogen and oxygen atoms in total. The summed E-state index contributed by atoms with van der Waals surface area (Å²) in [5.74, 6) is -0.228. The van der Waals surface area contributed by atoms with E-state index in [9.17, 15) is 9.59 Å². The Bertz CT molecular complexity index is 883. The van der Waals surface area contributed by atoms with Crippen molar-refractivity contribution in [3.63, 3.8) is 0 Å². The summed E-state index contributed by atoms with van der Waals surface area (Å²) >= 11 is 0. The number of aromatic nitrogens is 2. The highest BCUT2D eigenvalue weighted by atomic mass is 16.2. The van der Waals surface area contributed by atoms with Gasteiger partial charge in [0.1, 0.15) is 5.69 Å². The van der Waals surface area contributed by atoms with Crippen LogP contribution in [0.4, 0.5) is 5.69 Å². The third kappa shape index (κ3) is 3.79. The quantitative estimate of drug-likeness (QED) is 0.771. The van der Waals surface area contributed by atoms with Gasteiger partial charge in [0.2, 0.25) is 0 Å². The van der Waals surface area contributed by atoms with E-state index in [0.29, 0.717) is 24.6 Å². The molecule has 6 heteroatoms.